The Morgan fingerprint density at radius 1 is 1.27 bits per heavy atom. The van der Waals surface area contributed by atoms with Crippen molar-refractivity contribution in [1.29, 1.82) is 0 Å². The first-order valence-electron chi connectivity index (χ1n) is 9.61. The summed E-state index contributed by atoms with van der Waals surface area (Å²) >= 11 is 2.79. The molecule has 1 aromatic carbocycles. The molecule has 3 aromatic rings. The molecule has 0 amide bonds. The Bertz CT molecular complexity index is 986. The molecule has 0 aliphatic rings. The maximum absolute atomic E-state index is 13.0. The number of anilines is 1. The number of nitrogens with one attached hydrogen (secondary N) is 1. The summed E-state index contributed by atoms with van der Waals surface area (Å²) < 4.78 is 21.0. The fourth-order valence-corrected chi connectivity index (χ4v) is 4.75. The summed E-state index contributed by atoms with van der Waals surface area (Å²) in [4.78, 5) is 12.7. The van der Waals surface area contributed by atoms with Crippen LogP contribution in [-0.2, 0) is 17.8 Å². The van der Waals surface area contributed by atoms with Gasteiger partial charge in [-0.05, 0) is 44.0 Å². The zero-order chi connectivity index (χ0) is 21.5. The second kappa shape index (κ2) is 10.7. The summed E-state index contributed by atoms with van der Waals surface area (Å²) in [5, 5.41) is 12.1. The standard InChI is InChI=1S/C21H25FN4O2S2/c1-14-11-18(15(2)26(14)9-4-10-28-3)19(27)13-29-21-25-24-20(30-21)23-12-16-5-7-17(22)8-6-16/h5-8,11H,4,9-10,12-13H2,1-3H3,(H,23,24). The lowest BCUT2D eigenvalue weighted by molar-refractivity contribution is 0.102. The van der Waals surface area contributed by atoms with E-state index in [2.05, 4.69) is 20.1 Å². The van der Waals surface area contributed by atoms with Crippen molar-refractivity contribution in [2.45, 2.75) is 37.7 Å². The number of Topliss-reactive ketones (excluding diaryl/α,β-unsaturated/α-hetero) is 1. The first kappa shape index (κ1) is 22.5. The second-order valence-electron chi connectivity index (χ2n) is 6.85. The lowest BCUT2D eigenvalue weighted by Gasteiger charge is -2.09. The van der Waals surface area contributed by atoms with E-state index in [1.54, 1.807) is 19.2 Å². The number of thioether (sulfide) groups is 1. The van der Waals surface area contributed by atoms with Gasteiger partial charge in [0, 0.05) is 43.8 Å². The smallest absolute Gasteiger partial charge is 0.206 e. The topological polar surface area (TPSA) is 69.0 Å². The number of ether oxygens (including phenoxy) is 1. The molecule has 0 saturated heterocycles. The van der Waals surface area contributed by atoms with Gasteiger partial charge in [0.25, 0.3) is 0 Å². The second-order valence-corrected chi connectivity index (χ2v) is 9.05. The van der Waals surface area contributed by atoms with Crippen LogP contribution in [0.4, 0.5) is 9.52 Å². The number of aryl methyl sites for hydroxylation is 1. The molecule has 0 bridgehead atoms. The summed E-state index contributed by atoms with van der Waals surface area (Å²) in [7, 11) is 1.69. The maximum atomic E-state index is 13.0. The number of benzene rings is 1. The Morgan fingerprint density at radius 2 is 2.03 bits per heavy atom. The van der Waals surface area contributed by atoms with Crippen LogP contribution in [0, 0.1) is 19.7 Å². The molecule has 160 valence electrons. The third-order valence-corrected chi connectivity index (χ3v) is 6.71. The summed E-state index contributed by atoms with van der Waals surface area (Å²) in [6, 6.07) is 8.27. The van der Waals surface area contributed by atoms with Crippen molar-refractivity contribution >= 4 is 34.0 Å². The molecule has 2 heterocycles. The molecule has 0 spiro atoms. The van der Waals surface area contributed by atoms with Gasteiger partial charge in [-0.3, -0.25) is 4.79 Å². The average Bonchev–Trinajstić information content (AvgIpc) is 3.31. The van der Waals surface area contributed by atoms with E-state index in [4.69, 9.17) is 4.74 Å². The number of ketones is 1. The van der Waals surface area contributed by atoms with Gasteiger partial charge < -0.3 is 14.6 Å². The predicted molar refractivity (Wildman–Crippen MR) is 119 cm³/mol. The molecule has 1 N–H and O–H groups in total. The lowest BCUT2D eigenvalue weighted by atomic mass is 10.2. The van der Waals surface area contributed by atoms with Crippen LogP contribution < -0.4 is 5.32 Å². The minimum absolute atomic E-state index is 0.0853. The van der Waals surface area contributed by atoms with Crippen molar-refractivity contribution in [3.05, 3.63) is 58.7 Å². The van der Waals surface area contributed by atoms with Gasteiger partial charge in [-0.1, -0.05) is 35.2 Å². The highest BCUT2D eigenvalue weighted by atomic mass is 32.2. The van der Waals surface area contributed by atoms with Gasteiger partial charge in [0.15, 0.2) is 10.1 Å². The molecule has 0 unspecified atom stereocenters. The number of carbonyl (C=O) groups excluding carboxylic acids is 1. The van der Waals surface area contributed by atoms with Gasteiger partial charge in [0.1, 0.15) is 5.82 Å². The van der Waals surface area contributed by atoms with Crippen LogP contribution in [0.15, 0.2) is 34.7 Å². The zero-order valence-corrected chi connectivity index (χ0v) is 18.9. The molecule has 0 aliphatic carbocycles. The molecule has 0 saturated carbocycles. The number of carbonyl (C=O) groups is 1. The van der Waals surface area contributed by atoms with Gasteiger partial charge in [0.05, 0.1) is 5.75 Å². The van der Waals surface area contributed by atoms with Gasteiger partial charge >= 0.3 is 0 Å². The third-order valence-electron chi connectivity index (χ3n) is 4.69. The van der Waals surface area contributed by atoms with E-state index < -0.39 is 0 Å². The number of aromatic nitrogens is 3. The highest BCUT2D eigenvalue weighted by Gasteiger charge is 2.17. The Hall–Kier alpha value is -2.23. The maximum Gasteiger partial charge on any atom is 0.206 e. The van der Waals surface area contributed by atoms with Crippen LogP contribution in [-0.4, -0.2) is 40.0 Å². The first-order chi connectivity index (χ1) is 14.5. The van der Waals surface area contributed by atoms with E-state index in [0.29, 0.717) is 24.0 Å². The Kier molecular flexibility index (Phi) is 8.01. The van der Waals surface area contributed by atoms with Crippen LogP contribution in [0.2, 0.25) is 0 Å². The fourth-order valence-electron chi connectivity index (χ4n) is 3.12. The molecule has 0 radical (unpaired) electrons. The third kappa shape index (κ3) is 5.90. The number of nitrogens with zero attached hydrogens (tertiary/aromatic N) is 3. The van der Waals surface area contributed by atoms with Gasteiger partial charge in [-0.25, -0.2) is 4.39 Å². The molecule has 9 heteroatoms. The van der Waals surface area contributed by atoms with Crippen LogP contribution >= 0.6 is 23.1 Å². The molecular weight excluding hydrogens is 423 g/mol. The molecule has 30 heavy (non-hydrogen) atoms. The molecule has 6 nitrogen and oxygen atoms in total. The van der Waals surface area contributed by atoms with E-state index in [-0.39, 0.29) is 11.6 Å². The number of halogens is 1. The van der Waals surface area contributed by atoms with E-state index in [1.165, 1.54) is 35.2 Å². The van der Waals surface area contributed by atoms with Gasteiger partial charge in [-0.15, -0.1) is 10.2 Å². The lowest BCUT2D eigenvalue weighted by Crippen LogP contribution is -2.08. The number of hydrogen-bond donors (Lipinski definition) is 1. The largest absolute Gasteiger partial charge is 0.385 e. The summed E-state index contributed by atoms with van der Waals surface area (Å²) in [6.07, 6.45) is 0.910. The van der Waals surface area contributed by atoms with Crippen LogP contribution in [0.25, 0.3) is 0 Å². The molecule has 0 fully saturated rings. The number of methoxy groups -OCH3 is 1. The average molecular weight is 449 g/mol. The number of hydrogen-bond acceptors (Lipinski definition) is 7. The predicted octanol–water partition coefficient (Wildman–Crippen LogP) is 4.72. The van der Waals surface area contributed by atoms with Gasteiger partial charge in [0.2, 0.25) is 5.13 Å². The molecule has 2 aromatic heterocycles. The normalized spacial score (nSPS) is 11.1. The fraction of sp³-hybridized carbons (Fsp3) is 0.381. The van der Waals surface area contributed by atoms with Crippen LogP contribution in [0.5, 0.6) is 0 Å². The van der Waals surface area contributed by atoms with E-state index in [0.717, 1.165) is 39.8 Å². The SMILES string of the molecule is COCCCn1c(C)cc(C(=O)CSc2nnc(NCc3ccc(F)cc3)s2)c1C. The zero-order valence-electron chi connectivity index (χ0n) is 17.3. The quantitative estimate of drug-likeness (QED) is 0.260. The highest BCUT2D eigenvalue weighted by molar-refractivity contribution is 8.01. The van der Waals surface area contributed by atoms with Crippen molar-refractivity contribution in [2.75, 3.05) is 24.8 Å². The number of rotatable bonds is 11. The Labute approximate surface area is 183 Å². The van der Waals surface area contributed by atoms with Crippen LogP contribution in [0.1, 0.15) is 33.7 Å². The summed E-state index contributed by atoms with van der Waals surface area (Å²) in [5.41, 5.74) is 3.79. The molecular formula is C21H25FN4O2S2. The summed E-state index contributed by atoms with van der Waals surface area (Å²) in [5.74, 6) is 0.144. The van der Waals surface area contributed by atoms with Crippen molar-refractivity contribution in [2.24, 2.45) is 0 Å². The highest BCUT2D eigenvalue weighted by Crippen LogP contribution is 2.27. The Balaban J connectivity index is 1.52. The van der Waals surface area contributed by atoms with Crippen molar-refractivity contribution in [1.82, 2.24) is 14.8 Å². The van der Waals surface area contributed by atoms with Crippen LogP contribution in [0.3, 0.4) is 0 Å². The molecule has 3 rings (SSSR count). The minimum Gasteiger partial charge on any atom is -0.385 e. The first-order valence-corrected chi connectivity index (χ1v) is 11.4. The summed E-state index contributed by atoms with van der Waals surface area (Å²) in [6.45, 7) is 6.08. The minimum atomic E-state index is -0.256. The molecule has 0 aliphatic heterocycles. The van der Waals surface area contributed by atoms with Crippen molar-refractivity contribution in [3.63, 3.8) is 0 Å². The monoisotopic (exact) mass is 448 g/mol. The van der Waals surface area contributed by atoms with E-state index in [1.807, 2.05) is 19.9 Å². The van der Waals surface area contributed by atoms with Crippen molar-refractivity contribution in [3.8, 4) is 0 Å². The molecule has 0 atom stereocenters. The van der Waals surface area contributed by atoms with Crippen molar-refractivity contribution < 1.29 is 13.9 Å². The van der Waals surface area contributed by atoms with E-state index >= 15 is 0 Å². The van der Waals surface area contributed by atoms with E-state index in [9.17, 15) is 9.18 Å². The van der Waals surface area contributed by atoms with Gasteiger partial charge in [-0.2, -0.15) is 0 Å². The Morgan fingerprint density at radius 3 is 2.77 bits per heavy atom.